The summed E-state index contributed by atoms with van der Waals surface area (Å²) in [6.45, 7) is 0.0232. The lowest BCUT2D eigenvalue weighted by molar-refractivity contribution is 0.0952. The van der Waals surface area contributed by atoms with Crippen LogP contribution in [0.5, 0.6) is 0 Å². The third kappa shape index (κ3) is 3.13. The first-order valence-corrected chi connectivity index (χ1v) is 8.48. The smallest absolute Gasteiger partial charge is 0.414 e. The van der Waals surface area contributed by atoms with Crippen molar-refractivity contribution in [3.05, 3.63) is 47.0 Å². The monoisotopic (exact) mass is 323 g/mol. The summed E-state index contributed by atoms with van der Waals surface area (Å²) in [5.74, 6) is 1.60. The van der Waals surface area contributed by atoms with Crippen molar-refractivity contribution in [2.75, 3.05) is 24.7 Å². The minimum atomic E-state index is -0.543. The number of rotatable bonds is 3. The molecule has 1 unspecified atom stereocenters. The molecule has 0 aromatic rings. The van der Waals surface area contributed by atoms with Crippen LogP contribution in [-0.4, -0.2) is 46.9 Å². The van der Waals surface area contributed by atoms with Crippen molar-refractivity contribution in [2.45, 2.75) is 18.9 Å². The Kier molecular flexibility index (Phi) is 4.69. The lowest BCUT2D eigenvalue weighted by Gasteiger charge is -2.16. The Morgan fingerprint density at radius 2 is 2.27 bits per heavy atom. The van der Waals surface area contributed by atoms with Gasteiger partial charge in [-0.05, 0) is 30.2 Å². The number of allylic oxidation sites excluding steroid dienone is 6. The average molecular weight is 323 g/mol. The van der Waals surface area contributed by atoms with Crippen LogP contribution in [0.2, 0.25) is 0 Å². The highest BCUT2D eigenvalue weighted by atomic mass is 32.2. The molecular weight excluding hydrogens is 305 g/mol. The van der Waals surface area contributed by atoms with Gasteiger partial charge in [0.15, 0.2) is 0 Å². The minimum absolute atomic E-state index is 0.226. The van der Waals surface area contributed by atoms with Crippen molar-refractivity contribution in [3.63, 3.8) is 0 Å². The van der Waals surface area contributed by atoms with Crippen LogP contribution < -0.4 is 0 Å². The molecule has 22 heavy (non-hydrogen) atoms. The second kappa shape index (κ2) is 6.71. The molecule has 1 aliphatic carbocycles. The molecule has 0 radical (unpaired) electrons. The standard InChI is InChI=1S/C16H18FNO3S/c17-15-8-12(18-9-13(10-19)21-16(18)20)2-1-3-14(15)11-4-6-22-7-5-11/h2-4,8,13,19H,1,5-7,9-10H2. The van der Waals surface area contributed by atoms with E-state index in [0.717, 1.165) is 23.5 Å². The summed E-state index contributed by atoms with van der Waals surface area (Å²) in [6.07, 6.45) is 7.49. The van der Waals surface area contributed by atoms with Gasteiger partial charge in [0.05, 0.1) is 13.2 Å². The number of thioether (sulfide) groups is 1. The van der Waals surface area contributed by atoms with E-state index in [1.807, 2.05) is 23.9 Å². The molecule has 118 valence electrons. The van der Waals surface area contributed by atoms with Crippen LogP contribution >= 0.6 is 11.8 Å². The number of ether oxygens (including phenoxy) is 1. The van der Waals surface area contributed by atoms with Crippen LogP contribution in [0.4, 0.5) is 9.18 Å². The Balaban J connectivity index is 1.80. The molecule has 6 heteroatoms. The number of amides is 1. The highest BCUT2D eigenvalue weighted by molar-refractivity contribution is 7.99. The van der Waals surface area contributed by atoms with Gasteiger partial charge >= 0.3 is 6.09 Å². The molecule has 0 saturated carbocycles. The largest absolute Gasteiger partial charge is 0.441 e. The van der Waals surface area contributed by atoms with Gasteiger partial charge in [0.1, 0.15) is 11.9 Å². The lowest BCUT2D eigenvalue weighted by Crippen LogP contribution is -2.24. The molecule has 1 atom stereocenters. The topological polar surface area (TPSA) is 49.8 Å². The number of hydrogen-bond acceptors (Lipinski definition) is 4. The van der Waals surface area contributed by atoms with Crippen LogP contribution in [0.1, 0.15) is 12.8 Å². The number of hydrogen-bond donors (Lipinski definition) is 1. The van der Waals surface area contributed by atoms with Gasteiger partial charge in [0.2, 0.25) is 0 Å². The molecule has 1 N–H and O–H groups in total. The maximum absolute atomic E-state index is 14.6. The number of nitrogens with zero attached hydrogens (tertiary/aromatic N) is 1. The molecule has 4 nitrogen and oxygen atoms in total. The normalized spacial score (nSPS) is 25.8. The van der Waals surface area contributed by atoms with Crippen molar-refractivity contribution in [2.24, 2.45) is 0 Å². The summed E-state index contributed by atoms with van der Waals surface area (Å²) in [7, 11) is 0. The zero-order chi connectivity index (χ0) is 15.5. The van der Waals surface area contributed by atoms with Crippen LogP contribution in [0.15, 0.2) is 47.0 Å². The van der Waals surface area contributed by atoms with Crippen LogP contribution in [-0.2, 0) is 4.74 Å². The third-order valence-corrected chi connectivity index (χ3v) is 4.77. The fourth-order valence-corrected chi connectivity index (χ4v) is 3.58. The average Bonchev–Trinajstić information content (AvgIpc) is 2.81. The van der Waals surface area contributed by atoms with Gasteiger partial charge in [0.25, 0.3) is 0 Å². The zero-order valence-corrected chi connectivity index (χ0v) is 12.9. The highest BCUT2D eigenvalue weighted by Gasteiger charge is 2.33. The molecule has 1 amide bonds. The van der Waals surface area contributed by atoms with Crippen LogP contribution in [0.3, 0.4) is 0 Å². The predicted molar refractivity (Wildman–Crippen MR) is 84.1 cm³/mol. The molecule has 0 spiro atoms. The first-order valence-electron chi connectivity index (χ1n) is 7.33. The fourth-order valence-electron chi connectivity index (χ4n) is 2.73. The summed E-state index contributed by atoms with van der Waals surface area (Å²) in [6, 6.07) is 0. The van der Waals surface area contributed by atoms with E-state index < -0.39 is 12.2 Å². The zero-order valence-electron chi connectivity index (χ0n) is 12.1. The number of cyclic esters (lactones) is 1. The summed E-state index contributed by atoms with van der Waals surface area (Å²) < 4.78 is 19.6. The molecule has 1 saturated heterocycles. The minimum Gasteiger partial charge on any atom is -0.441 e. The summed E-state index contributed by atoms with van der Waals surface area (Å²) >= 11 is 1.84. The molecule has 0 aromatic carbocycles. The second-order valence-electron chi connectivity index (χ2n) is 5.33. The van der Waals surface area contributed by atoms with E-state index in [9.17, 15) is 9.18 Å². The fraction of sp³-hybridized carbons (Fsp3) is 0.438. The Morgan fingerprint density at radius 3 is 2.95 bits per heavy atom. The van der Waals surface area contributed by atoms with E-state index in [0.29, 0.717) is 17.7 Å². The quantitative estimate of drug-likeness (QED) is 0.867. The number of halogens is 1. The summed E-state index contributed by atoms with van der Waals surface area (Å²) in [4.78, 5) is 13.2. The number of carbonyl (C=O) groups is 1. The van der Waals surface area contributed by atoms with Crippen molar-refractivity contribution in [3.8, 4) is 0 Å². The van der Waals surface area contributed by atoms with Gasteiger partial charge in [-0.25, -0.2) is 9.18 Å². The highest BCUT2D eigenvalue weighted by Crippen LogP contribution is 2.32. The Hall–Kier alpha value is -1.53. The molecule has 0 aromatic heterocycles. The Bertz CT molecular complexity index is 594. The van der Waals surface area contributed by atoms with Gasteiger partial charge in [-0.1, -0.05) is 18.2 Å². The molecular formula is C16H18FNO3S. The molecule has 0 bridgehead atoms. The third-order valence-electron chi connectivity index (χ3n) is 3.88. The second-order valence-corrected chi connectivity index (χ2v) is 6.48. The molecule has 3 aliphatic rings. The Labute approximate surface area is 133 Å². The van der Waals surface area contributed by atoms with E-state index in [-0.39, 0.29) is 19.0 Å². The lowest BCUT2D eigenvalue weighted by atomic mass is 10.0. The maximum Gasteiger partial charge on any atom is 0.414 e. The predicted octanol–water partition coefficient (Wildman–Crippen LogP) is 2.93. The molecule has 1 fully saturated rings. The summed E-state index contributed by atoms with van der Waals surface area (Å²) in [5, 5.41) is 9.09. The van der Waals surface area contributed by atoms with Gasteiger partial charge in [-0.3, -0.25) is 4.90 Å². The van der Waals surface area contributed by atoms with Crippen molar-refractivity contribution < 1.29 is 19.0 Å². The molecule has 3 rings (SSSR count). The van der Waals surface area contributed by atoms with Crippen LogP contribution in [0, 0.1) is 0 Å². The van der Waals surface area contributed by atoms with E-state index >= 15 is 0 Å². The summed E-state index contributed by atoms with van der Waals surface area (Å²) in [5.41, 5.74) is 2.17. The molecule has 2 heterocycles. The van der Waals surface area contributed by atoms with E-state index in [2.05, 4.69) is 6.08 Å². The first kappa shape index (κ1) is 15.4. The van der Waals surface area contributed by atoms with Crippen molar-refractivity contribution >= 4 is 17.9 Å². The van der Waals surface area contributed by atoms with Gasteiger partial charge in [-0.15, -0.1) is 0 Å². The van der Waals surface area contributed by atoms with Crippen LogP contribution in [0.25, 0.3) is 0 Å². The number of aliphatic hydroxyl groups excluding tert-OH is 1. The van der Waals surface area contributed by atoms with Gasteiger partial charge in [-0.2, -0.15) is 11.8 Å². The number of aliphatic hydroxyl groups is 1. The van der Waals surface area contributed by atoms with Crippen molar-refractivity contribution in [1.29, 1.82) is 0 Å². The van der Waals surface area contributed by atoms with Gasteiger partial charge < -0.3 is 9.84 Å². The van der Waals surface area contributed by atoms with E-state index in [1.54, 1.807) is 0 Å². The van der Waals surface area contributed by atoms with Crippen molar-refractivity contribution in [1.82, 2.24) is 4.90 Å². The van der Waals surface area contributed by atoms with E-state index in [4.69, 9.17) is 9.84 Å². The maximum atomic E-state index is 14.6. The number of carbonyl (C=O) groups excluding carboxylic acids is 1. The van der Waals surface area contributed by atoms with E-state index in [1.165, 1.54) is 11.0 Å². The SMILES string of the molecule is O=C1OC(CO)CN1C1=CCC=C(C2=CCSCC2)C(F)=C1. The Morgan fingerprint density at radius 1 is 1.41 bits per heavy atom. The van der Waals surface area contributed by atoms with Gasteiger partial charge in [0, 0.05) is 17.0 Å². The molecule has 2 aliphatic heterocycles. The first-order chi connectivity index (χ1) is 10.7.